The Morgan fingerprint density at radius 2 is 1.73 bits per heavy atom. The first-order chi connectivity index (χ1) is 12.5. The lowest BCUT2D eigenvalue weighted by atomic mass is 10.1. The Morgan fingerprint density at radius 3 is 2.38 bits per heavy atom. The summed E-state index contributed by atoms with van der Waals surface area (Å²) < 4.78 is 15.0. The van der Waals surface area contributed by atoms with E-state index < -0.39 is 17.6 Å². The van der Waals surface area contributed by atoms with Crippen LogP contribution in [0, 0.1) is 0 Å². The van der Waals surface area contributed by atoms with Crippen LogP contribution in [0.15, 0.2) is 57.7 Å². The van der Waals surface area contributed by atoms with E-state index >= 15 is 0 Å². The zero-order valence-corrected chi connectivity index (χ0v) is 14.3. The number of methoxy groups -OCH3 is 1. The number of fused-ring (bicyclic) bond motifs is 1. The molecule has 6 nitrogen and oxygen atoms in total. The topological polar surface area (TPSA) is 82.8 Å². The molecule has 3 aromatic rings. The highest BCUT2D eigenvalue weighted by atomic mass is 16.5. The molecule has 0 aliphatic carbocycles. The molecule has 0 radical (unpaired) electrons. The third-order valence-corrected chi connectivity index (χ3v) is 3.91. The van der Waals surface area contributed by atoms with Crippen LogP contribution in [0.25, 0.3) is 11.0 Å². The van der Waals surface area contributed by atoms with Crippen LogP contribution in [0.1, 0.15) is 33.2 Å². The van der Waals surface area contributed by atoms with Gasteiger partial charge in [0.05, 0.1) is 12.7 Å². The second kappa shape index (κ2) is 7.23. The molecule has 6 heteroatoms. The van der Waals surface area contributed by atoms with Crippen LogP contribution in [0.4, 0.5) is 0 Å². The average molecular weight is 352 g/mol. The highest BCUT2D eigenvalue weighted by Gasteiger charge is 2.17. The lowest BCUT2D eigenvalue weighted by Gasteiger charge is -2.06. The van der Waals surface area contributed by atoms with E-state index in [1.165, 1.54) is 37.4 Å². The van der Waals surface area contributed by atoms with Crippen LogP contribution in [0.5, 0.6) is 5.75 Å². The van der Waals surface area contributed by atoms with Gasteiger partial charge < -0.3 is 13.9 Å². The summed E-state index contributed by atoms with van der Waals surface area (Å²) in [6, 6.07) is 12.7. The van der Waals surface area contributed by atoms with Gasteiger partial charge in [-0.15, -0.1) is 0 Å². The molecular weight excluding hydrogens is 336 g/mol. The van der Waals surface area contributed by atoms with Crippen molar-refractivity contribution in [1.82, 2.24) is 0 Å². The van der Waals surface area contributed by atoms with E-state index in [2.05, 4.69) is 4.74 Å². The molecule has 0 aliphatic rings. The largest absolute Gasteiger partial charge is 0.465 e. The van der Waals surface area contributed by atoms with Crippen molar-refractivity contribution < 1.29 is 23.5 Å². The summed E-state index contributed by atoms with van der Waals surface area (Å²) in [4.78, 5) is 35.8. The van der Waals surface area contributed by atoms with Crippen LogP contribution in [0.2, 0.25) is 0 Å². The minimum absolute atomic E-state index is 0.192. The van der Waals surface area contributed by atoms with Gasteiger partial charge in [0.15, 0.2) is 0 Å². The fraction of sp³-hybridized carbons (Fsp3) is 0.150. The van der Waals surface area contributed by atoms with Gasteiger partial charge in [0.25, 0.3) is 0 Å². The van der Waals surface area contributed by atoms with Crippen molar-refractivity contribution >= 4 is 22.9 Å². The van der Waals surface area contributed by atoms with Gasteiger partial charge in [0.1, 0.15) is 16.9 Å². The number of carbonyl (C=O) groups excluding carboxylic acids is 2. The van der Waals surface area contributed by atoms with Crippen LogP contribution >= 0.6 is 0 Å². The Bertz CT molecular complexity index is 1030. The van der Waals surface area contributed by atoms with Gasteiger partial charge in [-0.05, 0) is 54.4 Å². The van der Waals surface area contributed by atoms with E-state index in [-0.39, 0.29) is 11.3 Å². The zero-order chi connectivity index (χ0) is 18.7. The highest BCUT2D eigenvalue weighted by molar-refractivity contribution is 5.94. The van der Waals surface area contributed by atoms with E-state index in [0.29, 0.717) is 16.5 Å². The standard InChI is InChI=1S/C20H16O6/c1-3-12-4-9-17-14(10-12)11-16(20(23)26-17)19(22)25-15-7-5-13(6-8-15)18(21)24-2/h4-11H,3H2,1-2H3. The zero-order valence-electron chi connectivity index (χ0n) is 14.3. The molecule has 3 rings (SSSR count). The normalized spacial score (nSPS) is 10.5. The number of ether oxygens (including phenoxy) is 2. The van der Waals surface area contributed by atoms with Crippen molar-refractivity contribution in [2.24, 2.45) is 0 Å². The van der Waals surface area contributed by atoms with Crippen molar-refractivity contribution in [3.63, 3.8) is 0 Å². The van der Waals surface area contributed by atoms with Gasteiger partial charge in [0.2, 0.25) is 0 Å². The van der Waals surface area contributed by atoms with E-state index in [1.54, 1.807) is 6.07 Å². The molecule has 0 saturated heterocycles. The molecule has 26 heavy (non-hydrogen) atoms. The smallest absolute Gasteiger partial charge is 0.351 e. The van der Waals surface area contributed by atoms with Crippen LogP contribution in [-0.2, 0) is 11.2 Å². The summed E-state index contributed by atoms with van der Waals surface area (Å²) in [7, 11) is 1.28. The SMILES string of the molecule is CCc1ccc2oc(=O)c(C(=O)Oc3ccc(C(=O)OC)cc3)cc2c1. The number of benzene rings is 2. The monoisotopic (exact) mass is 352 g/mol. The maximum absolute atomic E-state index is 12.3. The lowest BCUT2D eigenvalue weighted by molar-refractivity contribution is 0.0600. The fourth-order valence-electron chi connectivity index (χ4n) is 2.47. The molecule has 1 heterocycles. The molecule has 0 saturated carbocycles. The minimum atomic E-state index is -0.826. The Labute approximate surface area is 149 Å². The molecule has 0 spiro atoms. The van der Waals surface area contributed by atoms with E-state index in [9.17, 15) is 14.4 Å². The first-order valence-corrected chi connectivity index (χ1v) is 7.99. The van der Waals surface area contributed by atoms with Gasteiger partial charge in [-0.3, -0.25) is 0 Å². The van der Waals surface area contributed by atoms with Gasteiger partial charge in [0, 0.05) is 5.39 Å². The predicted molar refractivity (Wildman–Crippen MR) is 94.6 cm³/mol. The average Bonchev–Trinajstić information content (AvgIpc) is 2.67. The van der Waals surface area contributed by atoms with Gasteiger partial charge >= 0.3 is 17.6 Å². The number of esters is 2. The van der Waals surface area contributed by atoms with Gasteiger partial charge in [-0.2, -0.15) is 0 Å². The maximum Gasteiger partial charge on any atom is 0.351 e. The van der Waals surface area contributed by atoms with E-state index in [0.717, 1.165) is 12.0 Å². The van der Waals surface area contributed by atoms with Gasteiger partial charge in [-0.1, -0.05) is 13.0 Å². The van der Waals surface area contributed by atoms with Crippen LogP contribution in [0.3, 0.4) is 0 Å². The Morgan fingerprint density at radius 1 is 1.00 bits per heavy atom. The number of aryl methyl sites for hydroxylation is 1. The van der Waals surface area contributed by atoms with E-state index in [1.807, 2.05) is 19.1 Å². The number of hydrogen-bond acceptors (Lipinski definition) is 6. The molecule has 0 unspecified atom stereocenters. The highest BCUT2D eigenvalue weighted by Crippen LogP contribution is 2.18. The summed E-state index contributed by atoms with van der Waals surface area (Å²) in [5.41, 5.74) is 0.834. The number of carbonyl (C=O) groups is 2. The number of hydrogen-bond donors (Lipinski definition) is 0. The van der Waals surface area contributed by atoms with Crippen LogP contribution < -0.4 is 10.4 Å². The molecule has 0 atom stereocenters. The maximum atomic E-state index is 12.3. The summed E-state index contributed by atoms with van der Waals surface area (Å²) in [6.07, 6.45) is 0.821. The van der Waals surface area contributed by atoms with Crippen LogP contribution in [-0.4, -0.2) is 19.0 Å². The molecule has 0 aliphatic heterocycles. The number of rotatable bonds is 4. The molecule has 0 fully saturated rings. The first kappa shape index (κ1) is 17.4. The summed E-state index contributed by atoms with van der Waals surface area (Å²) >= 11 is 0. The Hall–Kier alpha value is -3.41. The molecule has 0 N–H and O–H groups in total. The molecule has 0 bridgehead atoms. The van der Waals surface area contributed by atoms with Crippen molar-refractivity contribution in [2.75, 3.05) is 7.11 Å². The second-order valence-corrected chi connectivity index (χ2v) is 5.58. The molecule has 1 aromatic heterocycles. The summed E-state index contributed by atoms with van der Waals surface area (Å²) in [6.45, 7) is 2.01. The second-order valence-electron chi connectivity index (χ2n) is 5.58. The van der Waals surface area contributed by atoms with Crippen molar-refractivity contribution in [1.29, 1.82) is 0 Å². The van der Waals surface area contributed by atoms with E-state index in [4.69, 9.17) is 9.15 Å². The molecule has 0 amide bonds. The first-order valence-electron chi connectivity index (χ1n) is 7.99. The fourth-order valence-corrected chi connectivity index (χ4v) is 2.47. The predicted octanol–water partition coefficient (Wildman–Crippen LogP) is 3.36. The third kappa shape index (κ3) is 3.49. The summed E-state index contributed by atoms with van der Waals surface area (Å²) in [5.74, 6) is -1.12. The molecular formula is C20H16O6. The quantitative estimate of drug-likeness (QED) is 0.407. The summed E-state index contributed by atoms with van der Waals surface area (Å²) in [5, 5.41) is 0.650. The van der Waals surface area contributed by atoms with Crippen molar-refractivity contribution in [3.8, 4) is 5.75 Å². The minimum Gasteiger partial charge on any atom is -0.465 e. The van der Waals surface area contributed by atoms with Crippen molar-refractivity contribution in [3.05, 3.63) is 75.6 Å². The molecule has 132 valence electrons. The lowest BCUT2D eigenvalue weighted by Crippen LogP contribution is -2.18. The third-order valence-electron chi connectivity index (χ3n) is 3.91. The Kier molecular flexibility index (Phi) is 4.84. The Balaban J connectivity index is 1.88. The van der Waals surface area contributed by atoms with Gasteiger partial charge in [-0.25, -0.2) is 14.4 Å². The van der Waals surface area contributed by atoms with Crippen molar-refractivity contribution in [2.45, 2.75) is 13.3 Å². The molecule has 2 aromatic carbocycles.